The second-order valence-corrected chi connectivity index (χ2v) is 16.8. The number of nitrogens with zero attached hydrogens (tertiary/aromatic N) is 3. The molecule has 0 N–H and O–H groups in total. The molecule has 0 aliphatic carbocycles. The number of anilines is 6. The number of rotatable bonds is 1. The molecule has 5 nitrogen and oxygen atoms in total. The summed E-state index contributed by atoms with van der Waals surface area (Å²) in [6.45, 7) is 8.60. The van der Waals surface area contributed by atoms with Crippen LogP contribution >= 0.6 is 0 Å². The molecule has 3 aliphatic rings. The van der Waals surface area contributed by atoms with Crippen LogP contribution in [0.15, 0.2) is 142 Å². The van der Waals surface area contributed by atoms with E-state index in [1.54, 1.807) is 41.5 Å². The molecule has 3 aromatic heterocycles. The predicted octanol–water partition coefficient (Wildman–Crippen LogP) is 12.4. The highest BCUT2D eigenvalue weighted by molar-refractivity contribution is 7.00. The monoisotopic (exact) mass is 771 g/mol. The van der Waals surface area contributed by atoms with Crippen molar-refractivity contribution in [2.24, 2.45) is 0 Å². The Morgan fingerprint density at radius 2 is 1.14 bits per heavy atom. The Balaban J connectivity index is 1.37. The van der Waals surface area contributed by atoms with Crippen molar-refractivity contribution >= 4 is 112 Å². The first-order chi connectivity index (χ1) is 37.2. The minimum atomic E-state index is -1.66. The Kier molecular flexibility index (Phi) is 3.28. The Morgan fingerprint density at radius 1 is 0.500 bits per heavy atom. The summed E-state index contributed by atoms with van der Waals surface area (Å²) >= 11 is 0. The molecule has 0 saturated carbocycles. The maximum atomic E-state index is 10.6. The largest absolute Gasteiger partial charge is 0.468 e. The van der Waals surface area contributed by atoms with Crippen LogP contribution in [0.3, 0.4) is 0 Å². The average molecular weight is 772 g/mol. The lowest BCUT2D eigenvalue weighted by molar-refractivity contribution is 0.590. The van der Waals surface area contributed by atoms with Crippen molar-refractivity contribution in [3.05, 3.63) is 144 Å². The summed E-state index contributed by atoms with van der Waals surface area (Å²) < 4.78 is 223. The van der Waals surface area contributed by atoms with E-state index in [2.05, 4.69) is 0 Å². The molecule has 3 aliphatic heterocycles. The molecule has 58 heavy (non-hydrogen) atoms. The van der Waals surface area contributed by atoms with Crippen LogP contribution < -0.4 is 26.4 Å². The van der Waals surface area contributed by atoms with Crippen LogP contribution in [0.4, 0.5) is 34.1 Å². The quantitative estimate of drug-likeness (QED) is 0.156. The van der Waals surface area contributed by atoms with Gasteiger partial charge in [0.2, 0.25) is 0 Å². The van der Waals surface area contributed by atoms with Crippen LogP contribution in [-0.2, 0) is 10.8 Å². The van der Waals surface area contributed by atoms with E-state index in [4.69, 9.17) is 15.7 Å². The van der Waals surface area contributed by atoms with E-state index >= 15 is 0 Å². The lowest BCUT2D eigenvalue weighted by Gasteiger charge is -2.45. The lowest BCUT2D eigenvalue weighted by atomic mass is 9.35. The normalized spacial score (nSPS) is 19.6. The van der Waals surface area contributed by atoms with Crippen LogP contribution in [0.2, 0.25) is 0 Å². The molecular formula is C52H40BN3O2. The molecule has 10 aromatic rings. The summed E-state index contributed by atoms with van der Waals surface area (Å²) in [4.78, 5) is 2.56. The minimum absolute atomic E-state index is 0.0386. The van der Waals surface area contributed by atoms with Gasteiger partial charge in [-0.25, -0.2) is 0 Å². The molecule has 0 atom stereocenters. The number of furan rings is 2. The van der Waals surface area contributed by atoms with Gasteiger partial charge in [0.25, 0.3) is 6.71 Å². The predicted molar refractivity (Wildman–Crippen MR) is 243 cm³/mol. The van der Waals surface area contributed by atoms with E-state index in [0.29, 0.717) is 0 Å². The fraction of sp³-hybridized carbons (Fsp3) is 0.154. The van der Waals surface area contributed by atoms with Gasteiger partial charge in [-0.2, -0.15) is 0 Å². The molecule has 0 saturated heterocycles. The molecule has 6 heterocycles. The zero-order chi connectivity index (χ0) is 58.1. The Hall–Kier alpha value is -6.66. The van der Waals surface area contributed by atoms with Crippen LogP contribution in [0.25, 0.3) is 60.4 Å². The van der Waals surface area contributed by atoms with Gasteiger partial charge in [-0.05, 0) is 93.3 Å². The maximum absolute atomic E-state index is 10.6. The number of aromatic nitrogens is 1. The molecule has 278 valence electrons. The van der Waals surface area contributed by atoms with Gasteiger partial charge in [0.05, 0.1) is 80.7 Å². The minimum Gasteiger partial charge on any atom is -0.468 e. The zero-order valence-electron chi connectivity index (χ0n) is 53.7. The highest BCUT2D eigenvalue weighted by Gasteiger charge is 2.49. The molecule has 7 aromatic carbocycles. The molecule has 0 fully saturated rings. The molecule has 13 rings (SSSR count). The fourth-order valence-electron chi connectivity index (χ4n) is 8.76. The van der Waals surface area contributed by atoms with Gasteiger partial charge in [0.15, 0.2) is 0 Å². The Bertz CT molecular complexity index is 4740. The fourth-order valence-corrected chi connectivity index (χ4v) is 8.76. The van der Waals surface area contributed by atoms with Gasteiger partial charge < -0.3 is 23.2 Å². The van der Waals surface area contributed by atoms with Crippen molar-refractivity contribution < 1.29 is 39.0 Å². The van der Waals surface area contributed by atoms with Gasteiger partial charge in [0, 0.05) is 32.9 Å². The second kappa shape index (κ2) is 10.6. The smallest absolute Gasteiger partial charge is 0.297 e. The van der Waals surface area contributed by atoms with Crippen molar-refractivity contribution in [3.63, 3.8) is 0 Å². The van der Waals surface area contributed by atoms with E-state index in [0.717, 1.165) is 0 Å². The van der Waals surface area contributed by atoms with Crippen LogP contribution in [0.1, 0.15) is 82.8 Å². The summed E-state index contributed by atoms with van der Waals surface area (Å²) in [5, 5.41) is -1.36. The Labute approximate surface area is 367 Å². The third-order valence-electron chi connectivity index (χ3n) is 11.3. The van der Waals surface area contributed by atoms with Gasteiger partial charge >= 0.3 is 0 Å². The van der Waals surface area contributed by atoms with E-state index in [1.807, 2.05) is 0 Å². The van der Waals surface area contributed by atoms with Crippen LogP contribution in [-0.4, -0.2) is 11.3 Å². The Morgan fingerprint density at radius 3 is 1.95 bits per heavy atom. The second-order valence-electron chi connectivity index (χ2n) is 16.8. The van der Waals surface area contributed by atoms with Crippen molar-refractivity contribution in [2.75, 3.05) is 9.80 Å². The molecule has 6 heteroatoms. The van der Waals surface area contributed by atoms with Gasteiger partial charge in [-0.1, -0.05) is 114 Å². The SMILES string of the molecule is [2H]c1c([2H])c2c3c(c1[2H])-n1c4c([2H])c([2H])c([2H])c([2H])c4c4c([2H])c([2H])c([2H])c(c41)N3c1c([2H])c(C(C)(C)C)c([2H])c3c1B2c1oc2c([2H])c([2H])c(C(C)(C)C)c([2H])c2c1N3c1c([2H])c([2H])c([2H])c2oc3c([2H])c([2H])c([2H])c([2H])c3c12. The van der Waals surface area contributed by atoms with Crippen LogP contribution in [0.5, 0.6) is 0 Å². The van der Waals surface area contributed by atoms with Crippen molar-refractivity contribution in [2.45, 2.75) is 52.4 Å². The summed E-state index contributed by atoms with van der Waals surface area (Å²) in [6.07, 6.45) is 0. The van der Waals surface area contributed by atoms with E-state index in [1.165, 1.54) is 14.4 Å². The first-order valence-electron chi connectivity index (χ1n) is 29.7. The standard InChI is InChI=1S/C52H40BN3O2/c1-51(2,3)29-24-25-43-34(26-29)48-50(58-43)53-35-17-12-21-39-49(35)56(38-20-11-16-32-31-14-7-9-18-36(31)54(39)47(32)38)41-28-30(52(4,5)6)27-40(46(41)53)55(48)37-19-13-23-44-45(37)33-15-8-10-22-42(33)57-44/h7-28H,1-6H3/i7D,8D,9D,10D,11D,12D,13D,14D,15D,16D,17D,18D,19D,20D,21D,22D,23D,24D,25D,26D,27D,28D. The number of para-hydroxylation sites is 4. The van der Waals surface area contributed by atoms with E-state index < -0.39 is 167 Å². The lowest BCUT2D eigenvalue weighted by Crippen LogP contribution is -2.61. The highest BCUT2D eigenvalue weighted by atomic mass is 16.3. The maximum Gasteiger partial charge on any atom is 0.297 e. The van der Waals surface area contributed by atoms with E-state index in [9.17, 15) is 23.3 Å². The molecule has 0 bridgehead atoms. The number of benzene rings is 7. The van der Waals surface area contributed by atoms with Gasteiger partial charge in [0.1, 0.15) is 16.7 Å². The van der Waals surface area contributed by atoms with E-state index in [-0.39, 0.29) is 106 Å². The first kappa shape index (κ1) is 17.9. The topological polar surface area (TPSA) is 37.7 Å². The van der Waals surface area contributed by atoms with Crippen molar-refractivity contribution in [3.8, 4) is 5.69 Å². The van der Waals surface area contributed by atoms with Gasteiger partial charge in [-0.3, -0.25) is 0 Å². The highest BCUT2D eigenvalue weighted by Crippen LogP contribution is 2.54. The molecule has 0 radical (unpaired) electrons. The third-order valence-corrected chi connectivity index (χ3v) is 11.3. The summed E-state index contributed by atoms with van der Waals surface area (Å²) in [5.41, 5.74) is -6.68. The first-order valence-corrected chi connectivity index (χ1v) is 18.7. The summed E-state index contributed by atoms with van der Waals surface area (Å²) in [6, 6.07) is -14.0. The number of hydrogen-bond donors (Lipinski definition) is 0. The molecule has 0 unspecified atom stereocenters. The summed E-state index contributed by atoms with van der Waals surface area (Å²) in [5.74, 6) is 0. The third kappa shape index (κ3) is 3.97. The van der Waals surface area contributed by atoms with Crippen LogP contribution in [0, 0.1) is 0 Å². The molecule has 0 amide bonds. The average Bonchev–Trinajstić information content (AvgIpc) is 2.25. The summed E-state index contributed by atoms with van der Waals surface area (Å²) in [7, 11) is 0. The molecule has 0 spiro atoms. The van der Waals surface area contributed by atoms with Gasteiger partial charge in [-0.15, -0.1) is 0 Å². The number of fused-ring (bicyclic) bond motifs is 14. The number of hydrogen-bond acceptors (Lipinski definition) is 4. The molecular weight excluding hydrogens is 709 g/mol. The van der Waals surface area contributed by atoms with Crippen molar-refractivity contribution in [1.29, 1.82) is 0 Å². The van der Waals surface area contributed by atoms with Crippen molar-refractivity contribution in [1.82, 2.24) is 4.57 Å². The zero-order valence-corrected chi connectivity index (χ0v) is 31.7.